The van der Waals surface area contributed by atoms with Gasteiger partial charge in [0.1, 0.15) is 11.5 Å². The first kappa shape index (κ1) is 18.0. The lowest BCUT2D eigenvalue weighted by molar-refractivity contribution is -0.175. The molecule has 0 bridgehead atoms. The second kappa shape index (κ2) is 7.94. The second-order valence-corrected chi connectivity index (χ2v) is 5.78. The van der Waals surface area contributed by atoms with E-state index in [9.17, 15) is 25.5 Å². The van der Waals surface area contributed by atoms with Crippen molar-refractivity contribution in [3.05, 3.63) is 24.3 Å². The Morgan fingerprint density at radius 1 is 1.04 bits per heavy atom. The summed E-state index contributed by atoms with van der Waals surface area (Å²) in [4.78, 5) is 0. The third-order valence-electron chi connectivity index (χ3n) is 4.12. The molecule has 1 saturated carbocycles. The lowest BCUT2D eigenvalue weighted by Crippen LogP contribution is -2.38. The lowest BCUT2D eigenvalue weighted by atomic mass is 10.00. The van der Waals surface area contributed by atoms with Crippen LogP contribution in [0.15, 0.2) is 24.3 Å². The van der Waals surface area contributed by atoms with E-state index in [1.807, 2.05) is 6.92 Å². The van der Waals surface area contributed by atoms with E-state index in [-0.39, 0.29) is 12.4 Å². The molecule has 130 valence electrons. The molecule has 6 atom stereocenters. The predicted octanol–water partition coefficient (Wildman–Crippen LogP) is -0.155. The van der Waals surface area contributed by atoms with Gasteiger partial charge in [-0.15, -0.1) is 0 Å². The van der Waals surface area contributed by atoms with Crippen LogP contribution in [-0.2, 0) is 4.74 Å². The molecule has 1 aliphatic carbocycles. The average molecular weight is 328 g/mol. The summed E-state index contributed by atoms with van der Waals surface area (Å²) in [6.07, 6.45) is -4.36. The molecule has 7 heteroatoms. The summed E-state index contributed by atoms with van der Waals surface area (Å²) < 4.78 is 10.6. The minimum Gasteiger partial charge on any atom is -0.508 e. The van der Waals surface area contributed by atoms with Crippen LogP contribution >= 0.6 is 0 Å². The fraction of sp³-hybridized carbons (Fsp3) is 0.625. The topological polar surface area (TPSA) is 120 Å². The molecule has 1 aromatic carbocycles. The fourth-order valence-electron chi connectivity index (χ4n) is 2.79. The summed E-state index contributed by atoms with van der Waals surface area (Å²) in [7, 11) is 0. The first-order valence-electron chi connectivity index (χ1n) is 7.71. The monoisotopic (exact) mass is 328 g/mol. The van der Waals surface area contributed by atoms with E-state index < -0.39 is 36.4 Å². The molecule has 1 aliphatic rings. The van der Waals surface area contributed by atoms with Crippen LogP contribution in [-0.4, -0.2) is 63.3 Å². The summed E-state index contributed by atoms with van der Waals surface area (Å²) in [6, 6.07) is 6.01. The number of aliphatic hydroxyl groups excluding tert-OH is 4. The molecule has 7 nitrogen and oxygen atoms in total. The summed E-state index contributed by atoms with van der Waals surface area (Å²) in [5, 5.41) is 49.6. The number of aliphatic hydroxyl groups is 4. The molecule has 0 aromatic heterocycles. The van der Waals surface area contributed by atoms with Gasteiger partial charge >= 0.3 is 0 Å². The number of hydrogen-bond donors (Lipinski definition) is 5. The predicted molar refractivity (Wildman–Crippen MR) is 80.9 cm³/mol. The summed E-state index contributed by atoms with van der Waals surface area (Å²) >= 11 is 0. The third-order valence-corrected chi connectivity index (χ3v) is 4.12. The second-order valence-electron chi connectivity index (χ2n) is 5.78. The molecule has 2 rings (SSSR count). The van der Waals surface area contributed by atoms with E-state index in [1.165, 1.54) is 12.1 Å². The minimum atomic E-state index is -1.35. The van der Waals surface area contributed by atoms with Crippen molar-refractivity contribution in [3.63, 3.8) is 0 Å². The maximum atomic E-state index is 10.3. The summed E-state index contributed by atoms with van der Waals surface area (Å²) in [6.45, 7) is 2.13. The van der Waals surface area contributed by atoms with Gasteiger partial charge < -0.3 is 35.0 Å². The first-order chi connectivity index (χ1) is 11.0. The Hall–Kier alpha value is -1.38. The van der Waals surface area contributed by atoms with Crippen LogP contribution in [0.3, 0.4) is 0 Å². The van der Waals surface area contributed by atoms with Crippen LogP contribution in [0.5, 0.6) is 11.5 Å². The first-order valence-corrected chi connectivity index (χ1v) is 7.71. The van der Waals surface area contributed by atoms with Gasteiger partial charge in [0.05, 0.1) is 30.8 Å². The van der Waals surface area contributed by atoms with E-state index in [0.717, 1.165) is 0 Å². The average Bonchev–Trinajstić information content (AvgIpc) is 2.75. The molecule has 0 saturated heterocycles. The van der Waals surface area contributed by atoms with Crippen LogP contribution in [0.2, 0.25) is 0 Å². The number of ether oxygens (including phenoxy) is 2. The maximum Gasteiger partial charge on any atom is 0.162 e. The van der Waals surface area contributed by atoms with Crippen molar-refractivity contribution in [2.24, 2.45) is 11.8 Å². The van der Waals surface area contributed by atoms with Crippen LogP contribution in [0.25, 0.3) is 0 Å². The molecule has 5 N–H and O–H groups in total. The number of rotatable bonds is 7. The zero-order valence-corrected chi connectivity index (χ0v) is 12.9. The maximum absolute atomic E-state index is 10.3. The van der Waals surface area contributed by atoms with Crippen molar-refractivity contribution >= 4 is 0 Å². The third kappa shape index (κ3) is 4.13. The molecule has 23 heavy (non-hydrogen) atoms. The van der Waals surface area contributed by atoms with E-state index in [4.69, 9.17) is 9.47 Å². The molecule has 0 heterocycles. The fourth-order valence-corrected chi connectivity index (χ4v) is 2.79. The van der Waals surface area contributed by atoms with Gasteiger partial charge in [-0.25, -0.2) is 0 Å². The van der Waals surface area contributed by atoms with Gasteiger partial charge in [0.2, 0.25) is 0 Å². The Morgan fingerprint density at radius 3 is 2.30 bits per heavy atom. The number of benzene rings is 1. The molecule has 0 amide bonds. The minimum absolute atomic E-state index is 0.0405. The quantitative estimate of drug-likeness (QED) is 0.441. The van der Waals surface area contributed by atoms with Crippen molar-refractivity contribution in [2.45, 2.75) is 37.9 Å². The highest BCUT2D eigenvalue weighted by Crippen LogP contribution is 2.35. The van der Waals surface area contributed by atoms with Gasteiger partial charge in [-0.2, -0.15) is 0 Å². The normalized spacial score (nSPS) is 32.0. The Bertz CT molecular complexity index is 478. The van der Waals surface area contributed by atoms with Crippen LogP contribution in [0.4, 0.5) is 0 Å². The van der Waals surface area contributed by atoms with E-state index in [1.54, 1.807) is 12.1 Å². The van der Waals surface area contributed by atoms with Gasteiger partial charge in [-0.1, -0.05) is 6.92 Å². The Balaban J connectivity index is 1.97. The molecule has 1 fully saturated rings. The van der Waals surface area contributed by atoms with Crippen molar-refractivity contribution in [2.75, 3.05) is 13.2 Å². The van der Waals surface area contributed by atoms with E-state index in [0.29, 0.717) is 18.8 Å². The Kier molecular flexibility index (Phi) is 6.20. The highest BCUT2D eigenvalue weighted by molar-refractivity contribution is 5.30. The molecular weight excluding hydrogens is 304 g/mol. The van der Waals surface area contributed by atoms with Gasteiger partial charge in [-0.05, 0) is 30.7 Å². The Labute approximate surface area is 134 Å². The van der Waals surface area contributed by atoms with Crippen LogP contribution in [0, 0.1) is 11.8 Å². The highest BCUT2D eigenvalue weighted by atomic mass is 16.6. The molecule has 4 unspecified atom stereocenters. The molecule has 0 aliphatic heterocycles. The summed E-state index contributed by atoms with van der Waals surface area (Å²) in [5.41, 5.74) is 0. The molecule has 0 spiro atoms. The zero-order valence-electron chi connectivity index (χ0n) is 12.9. The van der Waals surface area contributed by atoms with E-state index >= 15 is 0 Å². The highest BCUT2D eigenvalue weighted by Gasteiger charge is 2.52. The molecule has 0 radical (unpaired) electrons. The van der Waals surface area contributed by atoms with Gasteiger partial charge in [0.25, 0.3) is 0 Å². The standard InChI is InChI=1S/C16H24O7/c1-2-7-22-16(21)12-13(18)11(14(19)15(12)20)8-23-10-5-3-9(17)4-6-10/h3-6,11-21H,2,7-8H2,1H3/t11?,12?,13?,14-,15?,16-/m1/s1. The summed E-state index contributed by atoms with van der Waals surface area (Å²) in [5.74, 6) is -1.19. The van der Waals surface area contributed by atoms with Gasteiger partial charge in [-0.3, -0.25) is 0 Å². The number of phenols is 1. The largest absolute Gasteiger partial charge is 0.508 e. The van der Waals surface area contributed by atoms with Crippen molar-refractivity contribution in [1.29, 1.82) is 0 Å². The smallest absolute Gasteiger partial charge is 0.162 e. The number of hydrogen-bond acceptors (Lipinski definition) is 7. The SMILES string of the molecule is CCCO[C@@H](O)C1C(O)C(COc2ccc(O)cc2)[C@@H](O)C1O. The van der Waals surface area contributed by atoms with Gasteiger partial charge in [0.15, 0.2) is 6.29 Å². The van der Waals surface area contributed by atoms with Crippen molar-refractivity contribution < 1.29 is 35.0 Å². The van der Waals surface area contributed by atoms with Crippen molar-refractivity contribution in [1.82, 2.24) is 0 Å². The molecular formula is C16H24O7. The van der Waals surface area contributed by atoms with Crippen molar-refractivity contribution in [3.8, 4) is 11.5 Å². The Morgan fingerprint density at radius 2 is 1.70 bits per heavy atom. The molecule has 1 aromatic rings. The number of phenolic OH excluding ortho intramolecular Hbond substituents is 1. The van der Waals surface area contributed by atoms with E-state index in [2.05, 4.69) is 0 Å². The lowest BCUT2D eigenvalue weighted by Gasteiger charge is -2.25. The van der Waals surface area contributed by atoms with Crippen LogP contribution in [0.1, 0.15) is 13.3 Å². The zero-order chi connectivity index (χ0) is 17.0. The number of aromatic hydroxyl groups is 1. The van der Waals surface area contributed by atoms with Crippen LogP contribution < -0.4 is 4.74 Å². The van der Waals surface area contributed by atoms with Gasteiger partial charge in [0, 0.05) is 12.5 Å².